The molecule has 184 valence electrons. The van der Waals surface area contributed by atoms with E-state index in [1.165, 1.54) is 0 Å². The molecular formula is C23H35ClN4O5. The summed E-state index contributed by atoms with van der Waals surface area (Å²) in [7, 11) is 3.37. The van der Waals surface area contributed by atoms with Crippen molar-refractivity contribution in [1.82, 2.24) is 15.1 Å². The Kier molecular flexibility index (Phi) is 7.97. The Balaban J connectivity index is 1.56. The van der Waals surface area contributed by atoms with Gasteiger partial charge in [0.1, 0.15) is 11.4 Å². The smallest absolute Gasteiger partial charge is 0.410 e. The number of nitrogens with one attached hydrogen (secondary N) is 1. The number of rotatable bonds is 6. The zero-order chi connectivity index (χ0) is 24.3. The average Bonchev–Trinajstić information content (AvgIpc) is 3.24. The van der Waals surface area contributed by atoms with Crippen LogP contribution >= 0.6 is 11.6 Å². The Hall–Kier alpha value is -2.23. The minimum absolute atomic E-state index is 0.157. The SMILES string of the molecule is COC1CN(CCN(C)C(=O)OC(C)(C)C)CCC1NC(=O)c1cc(Cl)c(N)c2c1OCC2. The van der Waals surface area contributed by atoms with Gasteiger partial charge in [0.05, 0.1) is 35.0 Å². The molecule has 2 atom stereocenters. The van der Waals surface area contributed by atoms with Gasteiger partial charge < -0.3 is 30.2 Å². The normalized spacial score (nSPS) is 20.7. The summed E-state index contributed by atoms with van der Waals surface area (Å²) in [5.74, 6) is 0.270. The lowest BCUT2D eigenvalue weighted by atomic mass is 10.00. The number of likely N-dealkylation sites (tertiary alicyclic amines) is 1. The molecule has 1 saturated heterocycles. The molecule has 10 heteroatoms. The van der Waals surface area contributed by atoms with Crippen LogP contribution in [0.15, 0.2) is 6.07 Å². The number of nitrogens with two attached hydrogens (primary N) is 1. The molecule has 3 rings (SSSR count). The van der Waals surface area contributed by atoms with Crippen molar-refractivity contribution < 1.29 is 23.8 Å². The number of likely N-dealkylation sites (N-methyl/N-ethyl adjacent to an activating group) is 1. The lowest BCUT2D eigenvalue weighted by molar-refractivity contribution is 0.00123. The fourth-order valence-corrected chi connectivity index (χ4v) is 4.32. The van der Waals surface area contributed by atoms with E-state index in [9.17, 15) is 9.59 Å². The van der Waals surface area contributed by atoms with E-state index in [0.717, 1.165) is 12.1 Å². The van der Waals surface area contributed by atoms with Crippen molar-refractivity contribution in [2.45, 2.75) is 51.4 Å². The standard InChI is InChI=1S/C23H35ClN4O5/c1-23(2,3)33-22(30)27(4)9-10-28-8-6-17(18(13-28)31-5)26-21(29)15-12-16(24)19(25)14-7-11-32-20(14)15/h12,17-18H,6-11,13,25H2,1-5H3,(H,26,29). The molecular weight excluding hydrogens is 448 g/mol. The number of amides is 2. The number of halogens is 1. The Labute approximate surface area is 200 Å². The maximum atomic E-state index is 13.1. The quantitative estimate of drug-likeness (QED) is 0.600. The Bertz CT molecular complexity index is 889. The molecule has 0 bridgehead atoms. The Morgan fingerprint density at radius 2 is 2.12 bits per heavy atom. The maximum absolute atomic E-state index is 13.1. The molecule has 1 fully saturated rings. The number of piperidine rings is 1. The zero-order valence-corrected chi connectivity index (χ0v) is 20.8. The Morgan fingerprint density at radius 1 is 1.39 bits per heavy atom. The van der Waals surface area contributed by atoms with Crippen LogP contribution in [0.1, 0.15) is 43.1 Å². The highest BCUT2D eigenvalue weighted by atomic mass is 35.5. The molecule has 1 aromatic rings. The number of nitrogens with zero attached hydrogens (tertiary/aromatic N) is 2. The van der Waals surface area contributed by atoms with E-state index in [0.29, 0.717) is 61.1 Å². The molecule has 2 aliphatic rings. The van der Waals surface area contributed by atoms with Crippen LogP contribution in [0.3, 0.4) is 0 Å². The topological polar surface area (TPSA) is 106 Å². The van der Waals surface area contributed by atoms with Crippen LogP contribution in [-0.2, 0) is 15.9 Å². The molecule has 0 radical (unpaired) electrons. The molecule has 33 heavy (non-hydrogen) atoms. The molecule has 2 amide bonds. The predicted octanol–water partition coefficient (Wildman–Crippen LogP) is 2.54. The van der Waals surface area contributed by atoms with Crippen LogP contribution in [0.5, 0.6) is 5.75 Å². The second-order valence-electron chi connectivity index (χ2n) is 9.57. The van der Waals surface area contributed by atoms with Crippen molar-refractivity contribution in [2.75, 3.05) is 52.7 Å². The van der Waals surface area contributed by atoms with Crippen molar-refractivity contribution in [3.63, 3.8) is 0 Å². The predicted molar refractivity (Wildman–Crippen MR) is 127 cm³/mol. The summed E-state index contributed by atoms with van der Waals surface area (Å²) < 4.78 is 16.8. The third-order valence-electron chi connectivity index (χ3n) is 5.93. The summed E-state index contributed by atoms with van der Waals surface area (Å²) in [6.45, 7) is 8.65. The number of hydrogen-bond donors (Lipinski definition) is 2. The van der Waals surface area contributed by atoms with E-state index < -0.39 is 5.60 Å². The van der Waals surface area contributed by atoms with Gasteiger partial charge in [-0.2, -0.15) is 0 Å². The first kappa shape index (κ1) is 25.4. The number of fused-ring (bicyclic) bond motifs is 1. The van der Waals surface area contributed by atoms with Crippen LogP contribution in [0.2, 0.25) is 5.02 Å². The third kappa shape index (κ3) is 6.22. The third-order valence-corrected chi connectivity index (χ3v) is 6.25. The zero-order valence-electron chi connectivity index (χ0n) is 20.1. The van der Waals surface area contributed by atoms with Crippen molar-refractivity contribution in [2.24, 2.45) is 0 Å². The minimum Gasteiger partial charge on any atom is -0.492 e. The number of benzene rings is 1. The van der Waals surface area contributed by atoms with E-state index in [2.05, 4.69) is 10.2 Å². The van der Waals surface area contributed by atoms with E-state index in [-0.39, 0.29) is 24.1 Å². The van der Waals surface area contributed by atoms with Gasteiger partial charge in [-0.15, -0.1) is 0 Å². The molecule has 0 saturated carbocycles. The Morgan fingerprint density at radius 3 is 2.79 bits per heavy atom. The van der Waals surface area contributed by atoms with Gasteiger partial charge in [-0.05, 0) is 33.3 Å². The van der Waals surface area contributed by atoms with Crippen molar-refractivity contribution in [1.29, 1.82) is 0 Å². The summed E-state index contributed by atoms with van der Waals surface area (Å²) >= 11 is 6.25. The van der Waals surface area contributed by atoms with Crippen molar-refractivity contribution in [3.05, 3.63) is 22.2 Å². The molecule has 2 aliphatic heterocycles. The van der Waals surface area contributed by atoms with Crippen LogP contribution in [0.4, 0.5) is 10.5 Å². The summed E-state index contributed by atoms with van der Waals surface area (Å²) in [6.07, 6.45) is 0.822. The highest BCUT2D eigenvalue weighted by Crippen LogP contribution is 2.38. The number of nitrogen functional groups attached to an aromatic ring is 1. The van der Waals surface area contributed by atoms with Crippen LogP contribution in [-0.4, -0.2) is 86.5 Å². The molecule has 9 nitrogen and oxygen atoms in total. The van der Waals surface area contributed by atoms with Gasteiger partial charge in [-0.1, -0.05) is 11.6 Å². The van der Waals surface area contributed by atoms with E-state index in [1.54, 1.807) is 25.1 Å². The minimum atomic E-state index is -0.525. The molecule has 3 N–H and O–H groups in total. The molecule has 2 heterocycles. The maximum Gasteiger partial charge on any atom is 0.410 e. The van der Waals surface area contributed by atoms with E-state index >= 15 is 0 Å². The monoisotopic (exact) mass is 482 g/mol. The van der Waals surface area contributed by atoms with E-state index in [4.69, 9.17) is 31.5 Å². The molecule has 2 unspecified atom stereocenters. The molecule has 0 aromatic heterocycles. The molecule has 1 aromatic carbocycles. The number of hydrogen-bond acceptors (Lipinski definition) is 7. The summed E-state index contributed by atoms with van der Waals surface area (Å²) in [4.78, 5) is 29.0. The fourth-order valence-electron chi connectivity index (χ4n) is 4.09. The number of methoxy groups -OCH3 is 1. The largest absolute Gasteiger partial charge is 0.492 e. The second-order valence-corrected chi connectivity index (χ2v) is 9.98. The highest BCUT2D eigenvalue weighted by molar-refractivity contribution is 6.33. The van der Waals surface area contributed by atoms with E-state index in [1.807, 2.05) is 20.8 Å². The van der Waals surface area contributed by atoms with Gasteiger partial charge in [0.25, 0.3) is 5.91 Å². The van der Waals surface area contributed by atoms with Gasteiger partial charge in [-0.3, -0.25) is 9.69 Å². The molecule has 0 spiro atoms. The highest BCUT2D eigenvalue weighted by Gasteiger charge is 2.33. The first-order chi connectivity index (χ1) is 15.5. The average molecular weight is 483 g/mol. The lowest BCUT2D eigenvalue weighted by Crippen LogP contribution is -2.55. The summed E-state index contributed by atoms with van der Waals surface area (Å²) in [5, 5.41) is 3.45. The number of carbonyl (C=O) groups is 2. The van der Waals surface area contributed by atoms with Gasteiger partial charge in [0.2, 0.25) is 0 Å². The van der Waals surface area contributed by atoms with Crippen LogP contribution in [0.25, 0.3) is 0 Å². The van der Waals surface area contributed by atoms with Crippen molar-refractivity contribution in [3.8, 4) is 5.75 Å². The van der Waals surface area contributed by atoms with Crippen LogP contribution < -0.4 is 15.8 Å². The molecule has 0 aliphatic carbocycles. The van der Waals surface area contributed by atoms with Gasteiger partial charge in [0, 0.05) is 52.3 Å². The lowest BCUT2D eigenvalue weighted by Gasteiger charge is -2.38. The number of anilines is 1. The number of ether oxygens (including phenoxy) is 3. The second kappa shape index (κ2) is 10.4. The summed E-state index contributed by atoms with van der Waals surface area (Å²) in [6, 6.07) is 1.41. The fraction of sp³-hybridized carbons (Fsp3) is 0.652. The van der Waals surface area contributed by atoms with Crippen LogP contribution in [0, 0.1) is 0 Å². The summed E-state index contributed by atoms with van der Waals surface area (Å²) in [5.41, 5.74) is 7.18. The van der Waals surface area contributed by atoms with Gasteiger partial charge in [0.15, 0.2) is 0 Å². The first-order valence-corrected chi connectivity index (χ1v) is 11.6. The van der Waals surface area contributed by atoms with Gasteiger partial charge >= 0.3 is 6.09 Å². The number of carbonyl (C=O) groups excluding carboxylic acids is 2. The van der Waals surface area contributed by atoms with Gasteiger partial charge in [-0.25, -0.2) is 4.79 Å². The van der Waals surface area contributed by atoms with Crippen molar-refractivity contribution >= 4 is 29.3 Å². The first-order valence-electron chi connectivity index (χ1n) is 11.2.